The summed E-state index contributed by atoms with van der Waals surface area (Å²) in [6.45, 7) is 1.53. The van der Waals surface area contributed by atoms with Crippen LogP contribution in [0.2, 0.25) is 0 Å². The van der Waals surface area contributed by atoms with Crippen LogP contribution in [0.1, 0.15) is 6.92 Å². The van der Waals surface area contributed by atoms with Crippen molar-refractivity contribution in [2.45, 2.75) is 13.0 Å². The van der Waals surface area contributed by atoms with E-state index in [1.54, 1.807) is 55.5 Å². The summed E-state index contributed by atoms with van der Waals surface area (Å²) in [4.78, 5) is 12.5. The molecule has 6 nitrogen and oxygen atoms in total. The highest BCUT2D eigenvalue weighted by Crippen LogP contribution is 2.35. The molecular weight excluding hydrogens is 328 g/mol. The highest BCUT2D eigenvalue weighted by atomic mass is 32.2. The summed E-state index contributed by atoms with van der Waals surface area (Å²) in [6.07, 6.45) is -0.915. The number of amides is 1. The van der Waals surface area contributed by atoms with Gasteiger partial charge in [-0.25, -0.2) is 8.42 Å². The zero-order valence-corrected chi connectivity index (χ0v) is 14.0. The molecule has 0 unspecified atom stereocenters. The highest BCUT2D eigenvalue weighted by molar-refractivity contribution is 7.92. The van der Waals surface area contributed by atoms with E-state index in [9.17, 15) is 13.2 Å². The van der Waals surface area contributed by atoms with Gasteiger partial charge in [-0.05, 0) is 31.2 Å². The van der Waals surface area contributed by atoms with Gasteiger partial charge in [-0.15, -0.1) is 0 Å². The fourth-order valence-electron chi connectivity index (χ4n) is 2.50. The van der Waals surface area contributed by atoms with Gasteiger partial charge in [-0.3, -0.25) is 9.10 Å². The third kappa shape index (κ3) is 3.21. The molecule has 0 fully saturated rings. The molecule has 0 saturated carbocycles. The molecule has 2 aromatic rings. The molecule has 0 bridgehead atoms. The molecule has 7 heteroatoms. The first-order valence-electron chi connectivity index (χ1n) is 7.63. The lowest BCUT2D eigenvalue weighted by atomic mass is 10.2. The van der Waals surface area contributed by atoms with Gasteiger partial charge in [0.15, 0.2) is 6.10 Å². The van der Waals surface area contributed by atoms with E-state index in [4.69, 9.17) is 4.74 Å². The van der Waals surface area contributed by atoms with E-state index >= 15 is 0 Å². The van der Waals surface area contributed by atoms with Crippen molar-refractivity contribution in [3.05, 3.63) is 54.6 Å². The molecule has 0 radical (unpaired) electrons. The number of carbonyl (C=O) groups is 1. The summed E-state index contributed by atoms with van der Waals surface area (Å²) in [6, 6.07) is 15.8. The topological polar surface area (TPSA) is 75.7 Å². The van der Waals surface area contributed by atoms with Crippen LogP contribution in [0.25, 0.3) is 0 Å². The zero-order valence-electron chi connectivity index (χ0n) is 13.2. The highest BCUT2D eigenvalue weighted by Gasteiger charge is 2.35. The Balaban J connectivity index is 1.88. The van der Waals surface area contributed by atoms with E-state index in [2.05, 4.69) is 5.32 Å². The lowest BCUT2D eigenvalue weighted by Crippen LogP contribution is -2.49. The van der Waals surface area contributed by atoms with Gasteiger partial charge in [0.05, 0.1) is 18.0 Å². The second-order valence-electron chi connectivity index (χ2n) is 5.36. The SMILES string of the molecule is CCS(=O)(=O)N1C[C@@H](C(=O)Nc2ccccc2)Oc2ccccc21. The molecule has 1 aliphatic heterocycles. The number of rotatable bonds is 4. The molecule has 3 rings (SSSR count). The first-order valence-corrected chi connectivity index (χ1v) is 9.24. The smallest absolute Gasteiger partial charge is 0.267 e. The van der Waals surface area contributed by atoms with Crippen LogP contribution in [-0.2, 0) is 14.8 Å². The van der Waals surface area contributed by atoms with Crippen LogP contribution in [0.5, 0.6) is 5.75 Å². The van der Waals surface area contributed by atoms with Crippen molar-refractivity contribution in [3.8, 4) is 5.75 Å². The third-order valence-electron chi connectivity index (χ3n) is 3.77. The van der Waals surface area contributed by atoms with E-state index < -0.39 is 16.1 Å². The molecule has 1 aliphatic rings. The number of carbonyl (C=O) groups excluding carboxylic acids is 1. The van der Waals surface area contributed by atoms with E-state index in [1.165, 1.54) is 4.31 Å². The average Bonchev–Trinajstić information content (AvgIpc) is 2.61. The van der Waals surface area contributed by atoms with Crippen LogP contribution < -0.4 is 14.4 Å². The molecule has 1 atom stereocenters. The van der Waals surface area contributed by atoms with Gasteiger partial charge in [0.2, 0.25) is 10.0 Å². The Morgan fingerprint density at radius 2 is 1.83 bits per heavy atom. The first-order chi connectivity index (χ1) is 11.5. The lowest BCUT2D eigenvalue weighted by Gasteiger charge is -2.34. The van der Waals surface area contributed by atoms with Crippen LogP contribution in [0.15, 0.2) is 54.6 Å². The van der Waals surface area contributed by atoms with Crippen LogP contribution in [0.3, 0.4) is 0 Å². The largest absolute Gasteiger partial charge is 0.476 e. The van der Waals surface area contributed by atoms with Gasteiger partial charge in [0.1, 0.15) is 5.75 Å². The van der Waals surface area contributed by atoms with Gasteiger partial charge in [0.25, 0.3) is 5.91 Å². The third-order valence-corrected chi connectivity index (χ3v) is 5.52. The maximum atomic E-state index is 12.5. The Kier molecular flexibility index (Phi) is 4.44. The van der Waals surface area contributed by atoms with Gasteiger partial charge >= 0.3 is 0 Å². The molecule has 0 spiro atoms. The molecule has 2 aromatic carbocycles. The molecule has 0 aliphatic carbocycles. The minimum Gasteiger partial charge on any atom is -0.476 e. The second kappa shape index (κ2) is 6.52. The zero-order chi connectivity index (χ0) is 17.2. The number of nitrogens with one attached hydrogen (secondary N) is 1. The number of hydrogen-bond acceptors (Lipinski definition) is 4. The Morgan fingerprint density at radius 1 is 1.17 bits per heavy atom. The number of fused-ring (bicyclic) bond motifs is 1. The van der Waals surface area contributed by atoms with E-state index in [1.807, 2.05) is 6.07 Å². The van der Waals surface area contributed by atoms with Gasteiger partial charge < -0.3 is 10.1 Å². The summed E-state index contributed by atoms with van der Waals surface area (Å²) in [5, 5.41) is 2.75. The predicted octanol–water partition coefficient (Wildman–Crippen LogP) is 2.24. The molecule has 1 amide bonds. The quantitative estimate of drug-likeness (QED) is 0.921. The van der Waals surface area contributed by atoms with Crippen molar-refractivity contribution >= 4 is 27.3 Å². The van der Waals surface area contributed by atoms with Crippen molar-refractivity contribution in [1.82, 2.24) is 0 Å². The maximum Gasteiger partial charge on any atom is 0.267 e. The average molecular weight is 346 g/mol. The van der Waals surface area contributed by atoms with Gasteiger partial charge in [0, 0.05) is 5.69 Å². The molecule has 0 saturated heterocycles. The minimum absolute atomic E-state index is 0.0473. The van der Waals surface area contributed by atoms with Crippen molar-refractivity contribution in [2.24, 2.45) is 0 Å². The van der Waals surface area contributed by atoms with Gasteiger partial charge in [-0.1, -0.05) is 30.3 Å². The summed E-state index contributed by atoms with van der Waals surface area (Å²) in [7, 11) is -3.50. The second-order valence-corrected chi connectivity index (χ2v) is 7.54. The van der Waals surface area contributed by atoms with Crippen LogP contribution in [-0.4, -0.2) is 32.7 Å². The molecule has 0 aromatic heterocycles. The van der Waals surface area contributed by atoms with Crippen molar-refractivity contribution in [3.63, 3.8) is 0 Å². The van der Waals surface area contributed by atoms with E-state index in [0.717, 1.165) is 0 Å². The minimum atomic E-state index is -3.50. The summed E-state index contributed by atoms with van der Waals surface area (Å²) in [5.41, 5.74) is 1.10. The lowest BCUT2D eigenvalue weighted by molar-refractivity contribution is -0.122. The maximum absolute atomic E-state index is 12.5. The van der Waals surface area contributed by atoms with Crippen molar-refractivity contribution < 1.29 is 17.9 Å². The number of ether oxygens (including phenoxy) is 1. The first kappa shape index (κ1) is 16.3. The number of hydrogen-bond donors (Lipinski definition) is 1. The number of anilines is 2. The van der Waals surface area contributed by atoms with Crippen molar-refractivity contribution in [2.75, 3.05) is 21.9 Å². The fraction of sp³-hybridized carbons (Fsp3) is 0.235. The molecule has 1 heterocycles. The normalized spacial score (nSPS) is 16.9. The Morgan fingerprint density at radius 3 is 2.54 bits per heavy atom. The molecule has 24 heavy (non-hydrogen) atoms. The number of benzene rings is 2. The Hall–Kier alpha value is -2.54. The van der Waals surface area contributed by atoms with Crippen molar-refractivity contribution in [1.29, 1.82) is 0 Å². The molecular formula is C17H18N2O4S. The summed E-state index contributed by atoms with van der Waals surface area (Å²) >= 11 is 0. The molecule has 1 N–H and O–H groups in total. The number of para-hydroxylation sites is 3. The fourth-order valence-corrected chi connectivity index (χ4v) is 3.63. The van der Waals surface area contributed by atoms with Crippen LogP contribution in [0.4, 0.5) is 11.4 Å². The van der Waals surface area contributed by atoms with E-state index in [0.29, 0.717) is 17.1 Å². The Bertz CT molecular complexity index is 837. The van der Waals surface area contributed by atoms with Crippen LogP contribution >= 0.6 is 0 Å². The monoisotopic (exact) mass is 346 g/mol. The molecule has 126 valence electrons. The Labute approximate surface area is 141 Å². The predicted molar refractivity (Wildman–Crippen MR) is 92.7 cm³/mol. The van der Waals surface area contributed by atoms with E-state index in [-0.39, 0.29) is 18.2 Å². The number of nitrogens with zero attached hydrogens (tertiary/aromatic N) is 1. The van der Waals surface area contributed by atoms with Crippen LogP contribution in [0, 0.1) is 0 Å². The summed E-state index contributed by atoms with van der Waals surface area (Å²) < 4.78 is 31.7. The van der Waals surface area contributed by atoms with Gasteiger partial charge in [-0.2, -0.15) is 0 Å². The summed E-state index contributed by atoms with van der Waals surface area (Å²) in [5.74, 6) is -0.0463. The standard InChI is InChI=1S/C17H18N2O4S/c1-2-24(21,22)19-12-16(23-15-11-7-6-10-14(15)19)17(20)18-13-8-4-3-5-9-13/h3-11,16H,2,12H2,1H3,(H,18,20)/t16-/m0/s1. The number of sulfonamides is 1.